The summed E-state index contributed by atoms with van der Waals surface area (Å²) in [7, 11) is 2.34. The second-order valence-electron chi connectivity index (χ2n) is 6.01. The van der Waals surface area contributed by atoms with Gasteiger partial charge in [0.2, 0.25) is 0 Å². The number of carbonyl (C=O) groups excluding carboxylic acids is 1. The van der Waals surface area contributed by atoms with E-state index in [1.54, 1.807) is 0 Å². The summed E-state index contributed by atoms with van der Waals surface area (Å²) < 4.78 is 92.5. The first-order chi connectivity index (χ1) is 13.9. The molecule has 0 saturated heterocycles. The van der Waals surface area contributed by atoms with Gasteiger partial charge in [-0.1, -0.05) is 31.9 Å². The van der Waals surface area contributed by atoms with Crippen LogP contribution in [0.1, 0.15) is 38.2 Å². The van der Waals surface area contributed by atoms with Crippen molar-refractivity contribution in [3.8, 4) is 11.5 Å². The minimum Gasteiger partial charge on any atom is -0.497 e. The third kappa shape index (κ3) is 4.93. The van der Waals surface area contributed by atoms with E-state index in [4.69, 9.17) is 9.47 Å². The zero-order valence-corrected chi connectivity index (χ0v) is 18.6. The fourth-order valence-electron chi connectivity index (χ4n) is 2.97. The Morgan fingerprint density at radius 3 is 1.33 bits per heavy atom. The number of benzene rings is 2. The highest BCUT2D eigenvalue weighted by atomic mass is 79.9. The Morgan fingerprint density at radius 2 is 1.10 bits per heavy atom. The molecule has 30 heavy (non-hydrogen) atoms. The first-order valence-corrected chi connectivity index (χ1v) is 10.4. The van der Waals surface area contributed by atoms with Crippen LogP contribution in [0.2, 0.25) is 0 Å². The topological polar surface area (TPSA) is 35.5 Å². The maximum absolute atomic E-state index is 13.8. The van der Waals surface area contributed by atoms with Gasteiger partial charge in [-0.3, -0.25) is 4.79 Å². The number of hydrogen-bond acceptors (Lipinski definition) is 3. The molecule has 0 heterocycles. The van der Waals surface area contributed by atoms with Crippen LogP contribution >= 0.6 is 31.9 Å². The van der Waals surface area contributed by atoms with Crippen LogP contribution in [-0.4, -0.2) is 20.0 Å². The lowest BCUT2D eigenvalue weighted by molar-refractivity contribution is -0.138. The molecule has 0 aliphatic rings. The fourth-order valence-corrected chi connectivity index (χ4v) is 3.85. The first-order valence-electron chi connectivity index (χ1n) is 8.11. The average molecular weight is 564 g/mol. The van der Waals surface area contributed by atoms with E-state index < -0.39 is 40.4 Å². The van der Waals surface area contributed by atoms with E-state index in [2.05, 4.69) is 31.9 Å². The molecule has 0 amide bonds. The van der Waals surface area contributed by atoms with Crippen molar-refractivity contribution in [3.63, 3.8) is 0 Å². The molecule has 2 rings (SSSR count). The van der Waals surface area contributed by atoms with E-state index in [0.29, 0.717) is 0 Å². The average Bonchev–Trinajstić information content (AvgIpc) is 2.69. The molecule has 2 aromatic rings. The van der Waals surface area contributed by atoms with Gasteiger partial charge in [0.25, 0.3) is 0 Å². The highest BCUT2D eigenvalue weighted by Gasteiger charge is 2.42. The molecule has 0 saturated carbocycles. The molecular formula is C19H14Br2F6O3. The molecule has 0 aliphatic carbocycles. The van der Waals surface area contributed by atoms with E-state index in [0.717, 1.165) is 24.3 Å². The van der Waals surface area contributed by atoms with Crippen LogP contribution in [-0.2, 0) is 23.0 Å². The second kappa shape index (κ2) is 9.17. The third-order valence-electron chi connectivity index (χ3n) is 4.20. The lowest BCUT2D eigenvalue weighted by Gasteiger charge is -2.21. The second-order valence-corrected chi connectivity index (χ2v) is 7.13. The lowest BCUT2D eigenvalue weighted by Crippen LogP contribution is -2.21. The molecule has 0 unspecified atom stereocenters. The monoisotopic (exact) mass is 562 g/mol. The van der Waals surface area contributed by atoms with Crippen molar-refractivity contribution in [3.05, 3.63) is 57.6 Å². The van der Waals surface area contributed by atoms with E-state index in [9.17, 15) is 31.1 Å². The summed E-state index contributed by atoms with van der Waals surface area (Å²) in [6.07, 6.45) is -9.98. The van der Waals surface area contributed by atoms with Crippen molar-refractivity contribution >= 4 is 37.6 Å². The van der Waals surface area contributed by atoms with Crippen molar-refractivity contribution < 1.29 is 40.6 Å². The largest absolute Gasteiger partial charge is 0.497 e. The number of methoxy groups -OCH3 is 2. The molecule has 0 spiro atoms. The molecule has 2 aromatic carbocycles. The maximum Gasteiger partial charge on any atom is 0.417 e. The highest BCUT2D eigenvalue weighted by Crippen LogP contribution is 2.42. The number of rotatable bonds is 6. The Hall–Kier alpha value is -1.75. The van der Waals surface area contributed by atoms with Crippen LogP contribution in [0.15, 0.2) is 24.3 Å². The quantitative estimate of drug-likeness (QED) is 0.221. The van der Waals surface area contributed by atoms with Gasteiger partial charge in [-0.05, 0) is 35.4 Å². The molecule has 0 aliphatic heterocycles. The van der Waals surface area contributed by atoms with Crippen molar-refractivity contribution in [1.82, 2.24) is 0 Å². The molecule has 0 bridgehead atoms. The molecule has 164 valence electrons. The number of ether oxygens (including phenoxy) is 2. The summed E-state index contributed by atoms with van der Waals surface area (Å²) in [5.74, 6) is -1.65. The number of halogens is 8. The molecule has 0 aromatic heterocycles. The van der Waals surface area contributed by atoms with Crippen molar-refractivity contribution in [2.24, 2.45) is 0 Å². The molecule has 0 N–H and O–H groups in total. The van der Waals surface area contributed by atoms with Crippen molar-refractivity contribution in [2.45, 2.75) is 23.0 Å². The van der Waals surface area contributed by atoms with Gasteiger partial charge in [-0.25, -0.2) is 0 Å². The predicted octanol–water partition coefficient (Wildman–Crippen LogP) is 6.76. The minimum absolute atomic E-state index is 0.0991. The number of hydrogen-bond donors (Lipinski definition) is 0. The van der Waals surface area contributed by atoms with Crippen LogP contribution in [0.3, 0.4) is 0 Å². The Kier molecular flexibility index (Phi) is 7.49. The van der Waals surface area contributed by atoms with E-state index in [1.165, 1.54) is 14.2 Å². The van der Waals surface area contributed by atoms with Gasteiger partial charge in [0.15, 0.2) is 5.78 Å². The van der Waals surface area contributed by atoms with Gasteiger partial charge in [-0.15, -0.1) is 0 Å². The first kappa shape index (κ1) is 24.5. The molecule has 3 nitrogen and oxygen atoms in total. The summed E-state index contributed by atoms with van der Waals surface area (Å²) >= 11 is 5.85. The molecule has 0 radical (unpaired) electrons. The third-order valence-corrected chi connectivity index (χ3v) is 5.41. The molecule has 0 fully saturated rings. The van der Waals surface area contributed by atoms with Crippen LogP contribution < -0.4 is 9.47 Å². The van der Waals surface area contributed by atoms with Gasteiger partial charge in [0, 0.05) is 21.8 Å². The Labute approximate surface area is 184 Å². The smallest absolute Gasteiger partial charge is 0.417 e. The zero-order chi connectivity index (χ0) is 22.9. The maximum atomic E-state index is 13.8. The highest BCUT2D eigenvalue weighted by molar-refractivity contribution is 9.08. The number of ketones is 1. The number of alkyl halides is 8. The molecule has 0 atom stereocenters. The summed E-state index contributed by atoms with van der Waals surface area (Å²) in [5.41, 5.74) is -5.25. The lowest BCUT2D eigenvalue weighted by atomic mass is 9.90. The van der Waals surface area contributed by atoms with Gasteiger partial charge in [-0.2, -0.15) is 26.3 Å². The Morgan fingerprint density at radius 1 is 0.767 bits per heavy atom. The van der Waals surface area contributed by atoms with Crippen LogP contribution in [0, 0.1) is 0 Å². The Bertz CT molecular complexity index is 879. The zero-order valence-electron chi connectivity index (χ0n) is 15.5. The Balaban J connectivity index is 2.93. The van der Waals surface area contributed by atoms with E-state index in [1.807, 2.05) is 0 Å². The SMILES string of the molecule is COc1cc(CBr)c(C(F)(F)F)c(C(=O)c2cc(OC)cc(CBr)c2C(F)(F)F)c1. The predicted molar refractivity (Wildman–Crippen MR) is 105 cm³/mol. The van der Waals surface area contributed by atoms with Gasteiger partial charge >= 0.3 is 12.4 Å². The molecule has 11 heteroatoms. The van der Waals surface area contributed by atoms with E-state index >= 15 is 0 Å². The normalized spacial score (nSPS) is 12.1. The fraction of sp³-hybridized carbons (Fsp3) is 0.316. The molecular weight excluding hydrogens is 550 g/mol. The standard InChI is InChI=1S/C19H14Br2F6O3/c1-29-11-3-9(7-20)15(18(22,23)24)13(5-11)17(28)14-6-12(30-2)4-10(8-21)16(14)19(25,26)27/h3-6H,7-8H2,1-2H3. The summed E-state index contributed by atoms with van der Waals surface area (Å²) in [5, 5.41) is -0.591. The van der Waals surface area contributed by atoms with Gasteiger partial charge < -0.3 is 9.47 Å². The minimum atomic E-state index is -4.99. The number of carbonyl (C=O) groups is 1. The summed E-state index contributed by atoms with van der Waals surface area (Å²) in [6.45, 7) is 0. The summed E-state index contributed by atoms with van der Waals surface area (Å²) in [6, 6.07) is 3.69. The van der Waals surface area contributed by atoms with Crippen LogP contribution in [0.4, 0.5) is 26.3 Å². The van der Waals surface area contributed by atoms with Crippen molar-refractivity contribution in [2.75, 3.05) is 14.2 Å². The summed E-state index contributed by atoms with van der Waals surface area (Å²) in [4.78, 5) is 13.1. The van der Waals surface area contributed by atoms with Gasteiger partial charge in [0.1, 0.15) is 11.5 Å². The van der Waals surface area contributed by atoms with Crippen LogP contribution in [0.5, 0.6) is 11.5 Å². The van der Waals surface area contributed by atoms with E-state index in [-0.39, 0.29) is 33.3 Å². The van der Waals surface area contributed by atoms with Crippen LogP contribution in [0.25, 0.3) is 0 Å². The van der Waals surface area contributed by atoms with Gasteiger partial charge in [0.05, 0.1) is 25.3 Å². The van der Waals surface area contributed by atoms with Crippen molar-refractivity contribution in [1.29, 1.82) is 0 Å².